The van der Waals surface area contributed by atoms with E-state index in [-0.39, 0.29) is 36.6 Å². The number of carbonyl (C=O) groups excluding carboxylic acids is 1. The van der Waals surface area contributed by atoms with Crippen LogP contribution in [-0.2, 0) is 14.3 Å². The average molecular weight is 346 g/mol. The largest absolute Gasteiger partial charge is 0.378 e. The molecular formula is C17H28F2N2O3. The molecule has 0 radical (unpaired) electrons. The van der Waals surface area contributed by atoms with Gasteiger partial charge in [-0.15, -0.1) is 0 Å². The molecule has 3 unspecified atom stereocenters. The summed E-state index contributed by atoms with van der Waals surface area (Å²) in [6.45, 7) is 3.27. The number of carbonyl (C=O) groups is 1. The molecule has 138 valence electrons. The van der Waals surface area contributed by atoms with Crippen LogP contribution in [0.25, 0.3) is 0 Å². The Morgan fingerprint density at radius 2 is 2.17 bits per heavy atom. The summed E-state index contributed by atoms with van der Waals surface area (Å²) in [5.41, 5.74) is 0.0503. The monoisotopic (exact) mass is 346 g/mol. The number of amides is 1. The summed E-state index contributed by atoms with van der Waals surface area (Å²) in [7, 11) is 0. The summed E-state index contributed by atoms with van der Waals surface area (Å²) in [4.78, 5) is 14.2. The van der Waals surface area contributed by atoms with Gasteiger partial charge in [0.2, 0.25) is 5.91 Å². The van der Waals surface area contributed by atoms with Crippen LogP contribution in [0, 0.1) is 5.41 Å². The minimum atomic E-state index is -2.44. The summed E-state index contributed by atoms with van der Waals surface area (Å²) in [5, 5.41) is 3.12. The molecule has 1 heterocycles. The average Bonchev–Trinajstić information content (AvgIpc) is 3.06. The molecule has 3 rings (SSSR count). The zero-order valence-electron chi connectivity index (χ0n) is 14.3. The first-order chi connectivity index (χ1) is 11.6. The van der Waals surface area contributed by atoms with Crippen molar-refractivity contribution in [3.63, 3.8) is 0 Å². The van der Waals surface area contributed by atoms with Crippen LogP contribution in [0.15, 0.2) is 0 Å². The van der Waals surface area contributed by atoms with Gasteiger partial charge in [-0.3, -0.25) is 9.69 Å². The predicted molar refractivity (Wildman–Crippen MR) is 85.0 cm³/mol. The van der Waals surface area contributed by atoms with Crippen LogP contribution < -0.4 is 5.32 Å². The number of rotatable bonds is 6. The number of ether oxygens (including phenoxy) is 2. The van der Waals surface area contributed by atoms with Crippen LogP contribution in [-0.4, -0.2) is 68.3 Å². The Kier molecular flexibility index (Phi) is 5.72. The Hall–Kier alpha value is -0.790. The van der Waals surface area contributed by atoms with Crippen molar-refractivity contribution in [1.29, 1.82) is 0 Å². The Morgan fingerprint density at radius 1 is 1.42 bits per heavy atom. The van der Waals surface area contributed by atoms with Crippen molar-refractivity contribution in [2.45, 2.75) is 63.6 Å². The van der Waals surface area contributed by atoms with E-state index in [9.17, 15) is 13.6 Å². The summed E-state index contributed by atoms with van der Waals surface area (Å²) in [6.07, 6.45) is 3.08. The number of morpholine rings is 1. The highest BCUT2D eigenvalue weighted by molar-refractivity contribution is 5.82. The van der Waals surface area contributed by atoms with Crippen molar-refractivity contribution in [3.05, 3.63) is 0 Å². The van der Waals surface area contributed by atoms with Crippen LogP contribution in [0.5, 0.6) is 0 Å². The Labute approximate surface area is 142 Å². The van der Waals surface area contributed by atoms with Gasteiger partial charge in [-0.05, 0) is 26.2 Å². The predicted octanol–water partition coefficient (Wildman–Crippen LogP) is 1.81. The van der Waals surface area contributed by atoms with Crippen molar-refractivity contribution in [2.75, 3.05) is 32.9 Å². The minimum absolute atomic E-state index is 0.0503. The second kappa shape index (κ2) is 7.62. The second-order valence-corrected chi connectivity index (χ2v) is 7.16. The molecule has 3 atom stereocenters. The van der Waals surface area contributed by atoms with E-state index in [1.165, 1.54) is 12.8 Å². The molecule has 0 aromatic heterocycles. The minimum Gasteiger partial charge on any atom is -0.378 e. The lowest BCUT2D eigenvalue weighted by Crippen LogP contribution is -2.66. The number of alkyl halides is 2. The maximum atomic E-state index is 12.7. The molecule has 7 heteroatoms. The molecule has 2 saturated carbocycles. The van der Waals surface area contributed by atoms with E-state index >= 15 is 0 Å². The van der Waals surface area contributed by atoms with Crippen LogP contribution in [0.3, 0.4) is 0 Å². The molecule has 1 spiro atoms. The molecule has 3 aliphatic rings. The summed E-state index contributed by atoms with van der Waals surface area (Å²) in [5.74, 6) is -0.179. The van der Waals surface area contributed by atoms with Gasteiger partial charge in [0.05, 0.1) is 25.9 Å². The quantitative estimate of drug-likeness (QED) is 0.797. The topological polar surface area (TPSA) is 50.8 Å². The van der Waals surface area contributed by atoms with E-state index in [1.807, 2.05) is 6.92 Å². The van der Waals surface area contributed by atoms with Gasteiger partial charge in [-0.25, -0.2) is 8.78 Å². The van der Waals surface area contributed by atoms with Gasteiger partial charge in [0.15, 0.2) is 0 Å². The van der Waals surface area contributed by atoms with Gasteiger partial charge in [-0.1, -0.05) is 12.8 Å². The van der Waals surface area contributed by atoms with Crippen LogP contribution in [0.2, 0.25) is 0 Å². The molecule has 5 nitrogen and oxygen atoms in total. The molecule has 0 aromatic carbocycles. The standard InChI is InChI=1S/C17H28F2N2O3/c1-2-24-14-9-13(17(14)5-3-4-6-17)20-16(22)12-11-23-8-7-21(12)10-15(18)19/h12-15H,2-11H2,1H3,(H,20,22). The molecular weight excluding hydrogens is 318 g/mol. The lowest BCUT2D eigenvalue weighted by Gasteiger charge is -2.54. The molecule has 1 N–H and O–H groups in total. The first kappa shape index (κ1) is 18.0. The number of nitrogens with one attached hydrogen (secondary N) is 1. The lowest BCUT2D eigenvalue weighted by atomic mass is 9.60. The Balaban J connectivity index is 1.61. The smallest absolute Gasteiger partial charge is 0.251 e. The van der Waals surface area contributed by atoms with Crippen molar-refractivity contribution >= 4 is 5.91 Å². The third kappa shape index (κ3) is 3.44. The van der Waals surface area contributed by atoms with E-state index in [1.54, 1.807) is 4.90 Å². The Bertz CT molecular complexity index is 444. The highest BCUT2D eigenvalue weighted by atomic mass is 19.3. The molecule has 1 saturated heterocycles. The van der Waals surface area contributed by atoms with Crippen molar-refractivity contribution in [1.82, 2.24) is 10.2 Å². The van der Waals surface area contributed by atoms with E-state index < -0.39 is 12.5 Å². The van der Waals surface area contributed by atoms with E-state index in [2.05, 4.69) is 5.32 Å². The van der Waals surface area contributed by atoms with Crippen LogP contribution >= 0.6 is 0 Å². The maximum absolute atomic E-state index is 12.7. The fraction of sp³-hybridized carbons (Fsp3) is 0.941. The number of nitrogens with zero attached hydrogens (tertiary/aromatic N) is 1. The number of hydrogen-bond donors (Lipinski definition) is 1. The van der Waals surface area contributed by atoms with E-state index in [0.717, 1.165) is 19.3 Å². The van der Waals surface area contributed by atoms with Gasteiger partial charge in [-0.2, -0.15) is 0 Å². The van der Waals surface area contributed by atoms with Gasteiger partial charge in [0.1, 0.15) is 6.04 Å². The molecule has 0 bridgehead atoms. The van der Waals surface area contributed by atoms with Crippen LogP contribution in [0.4, 0.5) is 8.78 Å². The highest BCUT2D eigenvalue weighted by Crippen LogP contribution is 2.54. The van der Waals surface area contributed by atoms with Gasteiger partial charge in [0, 0.05) is 24.6 Å². The normalized spacial score (nSPS) is 32.9. The zero-order chi connectivity index (χ0) is 17.2. The summed E-state index contributed by atoms with van der Waals surface area (Å²) >= 11 is 0. The lowest BCUT2D eigenvalue weighted by molar-refractivity contribution is -0.151. The molecule has 1 amide bonds. The summed E-state index contributed by atoms with van der Waals surface area (Å²) in [6, 6.07) is -0.517. The van der Waals surface area contributed by atoms with Gasteiger partial charge < -0.3 is 14.8 Å². The fourth-order valence-corrected chi connectivity index (χ4v) is 4.63. The third-order valence-electron chi connectivity index (χ3n) is 5.92. The fourth-order valence-electron chi connectivity index (χ4n) is 4.63. The molecule has 24 heavy (non-hydrogen) atoms. The highest BCUT2D eigenvalue weighted by Gasteiger charge is 2.57. The van der Waals surface area contributed by atoms with Crippen molar-refractivity contribution in [3.8, 4) is 0 Å². The van der Waals surface area contributed by atoms with E-state index in [0.29, 0.717) is 19.8 Å². The maximum Gasteiger partial charge on any atom is 0.251 e. The number of hydrogen-bond acceptors (Lipinski definition) is 4. The van der Waals surface area contributed by atoms with Gasteiger partial charge in [0.25, 0.3) is 6.43 Å². The van der Waals surface area contributed by atoms with Crippen molar-refractivity contribution in [2.24, 2.45) is 5.41 Å². The Morgan fingerprint density at radius 3 is 2.83 bits per heavy atom. The second-order valence-electron chi connectivity index (χ2n) is 7.16. The number of halogens is 2. The SMILES string of the molecule is CCOC1CC(NC(=O)C2COCCN2CC(F)F)C12CCCC2. The van der Waals surface area contributed by atoms with E-state index in [4.69, 9.17) is 9.47 Å². The third-order valence-corrected chi connectivity index (χ3v) is 5.92. The molecule has 2 aliphatic carbocycles. The van der Waals surface area contributed by atoms with Gasteiger partial charge >= 0.3 is 0 Å². The first-order valence-electron chi connectivity index (χ1n) is 9.08. The zero-order valence-corrected chi connectivity index (χ0v) is 14.3. The van der Waals surface area contributed by atoms with Crippen molar-refractivity contribution < 1.29 is 23.0 Å². The molecule has 1 aliphatic heterocycles. The molecule has 3 fully saturated rings. The first-order valence-corrected chi connectivity index (χ1v) is 9.08. The van der Waals surface area contributed by atoms with Crippen LogP contribution in [0.1, 0.15) is 39.0 Å². The molecule has 0 aromatic rings. The summed E-state index contributed by atoms with van der Waals surface area (Å²) < 4.78 is 36.7.